The second-order valence-corrected chi connectivity index (χ2v) is 2.86. The fourth-order valence-corrected chi connectivity index (χ4v) is 0.862. The van der Waals surface area contributed by atoms with Crippen LogP contribution in [0, 0.1) is 0 Å². The molecule has 0 aromatic heterocycles. The third-order valence-corrected chi connectivity index (χ3v) is 1.60. The monoisotopic (exact) mass is 234 g/mol. The fraction of sp³-hybridized carbons (Fsp3) is 0.778. The van der Waals surface area contributed by atoms with E-state index in [-0.39, 0.29) is 33.0 Å². The van der Waals surface area contributed by atoms with E-state index in [0.717, 1.165) is 0 Å². The molecule has 0 heterocycles. The zero-order valence-corrected chi connectivity index (χ0v) is 9.27. The van der Waals surface area contributed by atoms with E-state index in [1.54, 1.807) is 6.92 Å². The normalized spacial score (nSPS) is 11.9. The van der Waals surface area contributed by atoms with E-state index in [4.69, 9.17) is 15.6 Å². The molecule has 0 radical (unpaired) electrons. The van der Waals surface area contributed by atoms with E-state index in [1.807, 2.05) is 0 Å². The van der Waals surface area contributed by atoms with Gasteiger partial charge in [0.15, 0.2) is 6.04 Å². The lowest BCUT2D eigenvalue weighted by Gasteiger charge is -2.11. The van der Waals surface area contributed by atoms with Gasteiger partial charge >= 0.3 is 5.97 Å². The molecule has 0 saturated heterocycles. The molecular formula is C9H18N2O5. The summed E-state index contributed by atoms with van der Waals surface area (Å²) in [7, 11) is 0. The van der Waals surface area contributed by atoms with Gasteiger partial charge in [0.05, 0.1) is 26.4 Å². The molecule has 7 nitrogen and oxygen atoms in total. The number of nitrogens with two attached hydrogens (primary N) is 1. The summed E-state index contributed by atoms with van der Waals surface area (Å²) >= 11 is 0. The summed E-state index contributed by atoms with van der Waals surface area (Å²) in [6, 6.07) is -1.31. The average molecular weight is 234 g/mol. The Morgan fingerprint density at radius 3 is 2.69 bits per heavy atom. The molecule has 0 fully saturated rings. The summed E-state index contributed by atoms with van der Waals surface area (Å²) in [5.41, 5.74) is 5.32. The molecule has 0 aromatic rings. The molecule has 7 heteroatoms. The molecule has 16 heavy (non-hydrogen) atoms. The SMILES string of the molecule is CCOC(=O)C(N)C(=O)NCCOCCO. The molecule has 1 unspecified atom stereocenters. The Labute approximate surface area is 93.9 Å². The van der Waals surface area contributed by atoms with Crippen molar-refractivity contribution in [3.05, 3.63) is 0 Å². The Hall–Kier alpha value is -1.18. The zero-order chi connectivity index (χ0) is 12.4. The van der Waals surface area contributed by atoms with Crippen LogP contribution in [0.5, 0.6) is 0 Å². The summed E-state index contributed by atoms with van der Waals surface area (Å²) in [6.45, 7) is 2.43. The van der Waals surface area contributed by atoms with Crippen LogP contribution in [0.3, 0.4) is 0 Å². The maximum Gasteiger partial charge on any atom is 0.332 e. The van der Waals surface area contributed by atoms with Crippen molar-refractivity contribution in [1.29, 1.82) is 0 Å². The topological polar surface area (TPSA) is 111 Å². The third kappa shape index (κ3) is 6.33. The number of amides is 1. The van der Waals surface area contributed by atoms with Crippen molar-refractivity contribution < 1.29 is 24.2 Å². The average Bonchev–Trinajstić information content (AvgIpc) is 2.27. The molecule has 0 aliphatic carbocycles. The number of hydrogen-bond donors (Lipinski definition) is 3. The van der Waals surface area contributed by atoms with Crippen molar-refractivity contribution in [2.24, 2.45) is 5.73 Å². The fourth-order valence-electron chi connectivity index (χ4n) is 0.862. The highest BCUT2D eigenvalue weighted by Gasteiger charge is 2.22. The number of esters is 1. The summed E-state index contributed by atoms with van der Waals surface area (Å²) in [5, 5.41) is 10.8. The predicted octanol–water partition coefficient (Wildman–Crippen LogP) is -2.00. The molecule has 94 valence electrons. The molecule has 0 spiro atoms. The van der Waals surface area contributed by atoms with Crippen LogP contribution in [0.15, 0.2) is 0 Å². The van der Waals surface area contributed by atoms with Crippen molar-refractivity contribution in [3.63, 3.8) is 0 Å². The molecule has 1 atom stereocenters. The van der Waals surface area contributed by atoms with Crippen LogP contribution in [0.1, 0.15) is 6.92 Å². The highest BCUT2D eigenvalue weighted by atomic mass is 16.5. The van der Waals surface area contributed by atoms with Crippen LogP contribution in [-0.4, -0.2) is 56.0 Å². The Balaban J connectivity index is 3.67. The second kappa shape index (κ2) is 9.08. The van der Waals surface area contributed by atoms with Crippen LogP contribution in [0.2, 0.25) is 0 Å². The minimum atomic E-state index is -1.31. The predicted molar refractivity (Wildman–Crippen MR) is 55.5 cm³/mol. The number of rotatable bonds is 8. The lowest BCUT2D eigenvalue weighted by molar-refractivity contribution is -0.148. The molecule has 0 saturated carbocycles. The van der Waals surface area contributed by atoms with Gasteiger partial charge < -0.3 is 25.6 Å². The molecule has 0 aliphatic heterocycles. The quantitative estimate of drug-likeness (QED) is 0.254. The largest absolute Gasteiger partial charge is 0.464 e. The van der Waals surface area contributed by atoms with E-state index in [2.05, 4.69) is 10.1 Å². The van der Waals surface area contributed by atoms with Crippen molar-refractivity contribution in [1.82, 2.24) is 5.32 Å². The van der Waals surface area contributed by atoms with Crippen molar-refractivity contribution >= 4 is 11.9 Å². The summed E-state index contributed by atoms with van der Waals surface area (Å²) in [5.74, 6) is -1.36. The third-order valence-electron chi connectivity index (χ3n) is 1.60. The number of nitrogens with one attached hydrogen (secondary N) is 1. The summed E-state index contributed by atoms with van der Waals surface area (Å²) in [4.78, 5) is 22.3. The van der Waals surface area contributed by atoms with Gasteiger partial charge in [-0.2, -0.15) is 0 Å². The first-order chi connectivity index (χ1) is 7.63. The van der Waals surface area contributed by atoms with Crippen LogP contribution >= 0.6 is 0 Å². The number of aliphatic hydroxyl groups excluding tert-OH is 1. The number of carbonyl (C=O) groups is 2. The molecule has 0 aliphatic rings. The van der Waals surface area contributed by atoms with Crippen molar-refractivity contribution in [2.45, 2.75) is 13.0 Å². The maximum atomic E-state index is 11.3. The number of aliphatic hydroxyl groups is 1. The lowest BCUT2D eigenvalue weighted by Crippen LogP contribution is -2.47. The van der Waals surface area contributed by atoms with Gasteiger partial charge in [0.1, 0.15) is 0 Å². The van der Waals surface area contributed by atoms with E-state index in [0.29, 0.717) is 0 Å². The van der Waals surface area contributed by atoms with Gasteiger partial charge in [0.2, 0.25) is 5.91 Å². The standard InChI is InChI=1S/C9H18N2O5/c1-2-16-9(14)7(10)8(13)11-3-5-15-6-4-12/h7,12H,2-6,10H2,1H3,(H,11,13). The summed E-state index contributed by atoms with van der Waals surface area (Å²) < 4.78 is 9.48. The second-order valence-electron chi connectivity index (χ2n) is 2.86. The maximum absolute atomic E-state index is 11.3. The van der Waals surface area contributed by atoms with Crippen LogP contribution in [0.4, 0.5) is 0 Å². The molecular weight excluding hydrogens is 216 g/mol. The minimum absolute atomic E-state index is 0.0731. The van der Waals surface area contributed by atoms with Gasteiger partial charge in [-0.3, -0.25) is 4.79 Å². The number of ether oxygens (including phenoxy) is 2. The van der Waals surface area contributed by atoms with Gasteiger partial charge in [-0.15, -0.1) is 0 Å². The van der Waals surface area contributed by atoms with Crippen LogP contribution < -0.4 is 11.1 Å². The zero-order valence-electron chi connectivity index (χ0n) is 9.27. The van der Waals surface area contributed by atoms with Gasteiger partial charge in [0.25, 0.3) is 0 Å². The molecule has 0 rings (SSSR count). The van der Waals surface area contributed by atoms with Crippen LogP contribution in [0.25, 0.3) is 0 Å². The minimum Gasteiger partial charge on any atom is -0.464 e. The van der Waals surface area contributed by atoms with E-state index in [1.165, 1.54) is 0 Å². The Morgan fingerprint density at radius 1 is 1.44 bits per heavy atom. The Kier molecular flexibility index (Phi) is 8.41. The highest BCUT2D eigenvalue weighted by molar-refractivity contribution is 6.01. The van der Waals surface area contributed by atoms with Crippen molar-refractivity contribution in [3.8, 4) is 0 Å². The smallest absolute Gasteiger partial charge is 0.332 e. The lowest BCUT2D eigenvalue weighted by atomic mass is 10.3. The summed E-state index contributed by atoms with van der Waals surface area (Å²) in [6.07, 6.45) is 0. The van der Waals surface area contributed by atoms with E-state index >= 15 is 0 Å². The molecule has 0 bridgehead atoms. The Morgan fingerprint density at radius 2 is 2.12 bits per heavy atom. The first-order valence-corrected chi connectivity index (χ1v) is 5.02. The van der Waals surface area contributed by atoms with Gasteiger partial charge in [0, 0.05) is 6.54 Å². The number of carbonyl (C=O) groups excluding carboxylic acids is 2. The van der Waals surface area contributed by atoms with Gasteiger partial charge in [-0.1, -0.05) is 0 Å². The molecule has 4 N–H and O–H groups in total. The first kappa shape index (κ1) is 14.8. The first-order valence-electron chi connectivity index (χ1n) is 5.02. The van der Waals surface area contributed by atoms with E-state index in [9.17, 15) is 9.59 Å². The van der Waals surface area contributed by atoms with Gasteiger partial charge in [-0.05, 0) is 6.92 Å². The highest BCUT2D eigenvalue weighted by Crippen LogP contribution is 1.86. The van der Waals surface area contributed by atoms with Crippen LogP contribution in [-0.2, 0) is 19.1 Å². The van der Waals surface area contributed by atoms with E-state index < -0.39 is 17.9 Å². The molecule has 0 aromatic carbocycles. The Bertz CT molecular complexity index is 222. The number of hydrogen-bond acceptors (Lipinski definition) is 6. The van der Waals surface area contributed by atoms with Gasteiger partial charge in [-0.25, -0.2) is 4.79 Å². The molecule has 1 amide bonds. The van der Waals surface area contributed by atoms with Crippen molar-refractivity contribution in [2.75, 3.05) is 33.0 Å².